The van der Waals surface area contributed by atoms with E-state index in [1.54, 1.807) is 6.92 Å². The number of sulfonamides is 1. The molecule has 0 saturated carbocycles. The summed E-state index contributed by atoms with van der Waals surface area (Å²) in [4.78, 5) is 83.5. The van der Waals surface area contributed by atoms with Gasteiger partial charge in [-0.2, -0.15) is 5.21 Å². The number of hydrogen-bond donors (Lipinski definition) is 6. The average Bonchev–Trinajstić information content (AvgIpc) is 3.68. The summed E-state index contributed by atoms with van der Waals surface area (Å²) in [7, 11) is -3.88. The first kappa shape index (κ1) is 50.7. The summed E-state index contributed by atoms with van der Waals surface area (Å²) in [5.41, 5.74) is 0. The van der Waals surface area contributed by atoms with Gasteiger partial charge in [-0.05, 0) is 38.5 Å². The number of carboxylic acids is 2. The zero-order chi connectivity index (χ0) is 42.3. The van der Waals surface area contributed by atoms with Crippen molar-refractivity contribution in [3.63, 3.8) is 0 Å². The summed E-state index contributed by atoms with van der Waals surface area (Å²) in [6.07, 6.45) is 14.7. The molecule has 18 nitrogen and oxygen atoms in total. The van der Waals surface area contributed by atoms with Gasteiger partial charge in [0.05, 0.1) is 11.7 Å². The number of aromatic amines is 1. The second-order valence-corrected chi connectivity index (χ2v) is 16.4. The Morgan fingerprint density at radius 3 is 1.81 bits per heavy atom. The van der Waals surface area contributed by atoms with Crippen molar-refractivity contribution in [1.29, 1.82) is 0 Å². The highest BCUT2D eigenvalue weighted by atomic mass is 32.2. The molecule has 0 bridgehead atoms. The molecule has 0 aliphatic heterocycles. The Labute approximate surface area is 336 Å². The molecule has 1 rings (SSSR count). The number of hydrogen-bond acceptors (Lipinski definition) is 12. The number of aromatic nitrogens is 4. The van der Waals surface area contributed by atoms with Gasteiger partial charge in [-0.1, -0.05) is 82.8 Å². The summed E-state index contributed by atoms with van der Waals surface area (Å²) >= 11 is 0. The summed E-state index contributed by atoms with van der Waals surface area (Å²) in [5, 5.41) is 37.6. The fourth-order valence-corrected chi connectivity index (χ4v) is 7.18. The maximum Gasteiger partial charge on any atom is 0.326 e. The van der Waals surface area contributed by atoms with Gasteiger partial charge in [0, 0.05) is 57.9 Å². The highest BCUT2D eigenvalue weighted by Gasteiger charge is 2.25. The number of carbonyl (C=O) groups is 7. The molecule has 57 heavy (non-hydrogen) atoms. The first-order chi connectivity index (χ1) is 27.2. The first-order valence-corrected chi connectivity index (χ1v) is 22.2. The van der Waals surface area contributed by atoms with Crippen LogP contribution < -0.4 is 15.4 Å². The fraction of sp³-hybridized carbons (Fsp3) is 0.789. The van der Waals surface area contributed by atoms with Gasteiger partial charge in [-0.25, -0.2) is 13.2 Å². The van der Waals surface area contributed by atoms with E-state index in [1.807, 2.05) is 0 Å². The topological polar surface area (TPSA) is 285 Å². The van der Waals surface area contributed by atoms with E-state index in [0.717, 1.165) is 44.3 Å². The Morgan fingerprint density at radius 2 is 1.25 bits per heavy atom. The maximum atomic E-state index is 12.4. The number of tetrazole rings is 1. The van der Waals surface area contributed by atoms with E-state index in [2.05, 4.69) is 36.0 Å². The maximum absolute atomic E-state index is 12.4. The van der Waals surface area contributed by atoms with E-state index in [4.69, 9.17) is 0 Å². The molecule has 0 saturated heterocycles. The molecule has 1 aromatic heterocycles. The van der Waals surface area contributed by atoms with E-state index in [0.29, 0.717) is 6.42 Å². The number of nitrogens with one attached hydrogen (secondary N) is 4. The van der Waals surface area contributed by atoms with Crippen molar-refractivity contribution < 1.29 is 52.2 Å². The third kappa shape index (κ3) is 27.9. The predicted molar refractivity (Wildman–Crippen MR) is 210 cm³/mol. The lowest BCUT2D eigenvalue weighted by atomic mass is 9.95. The highest BCUT2D eigenvalue weighted by molar-refractivity contribution is 7.90. The summed E-state index contributed by atoms with van der Waals surface area (Å²) in [6.45, 7) is 1.75. The standard InChI is InChI=1S/C38H65N7O11S/c1-2-30(46)23-24-32(38(53)54)40-35(49)25-22-29(37(51)52)28-31(47)18-16-26-39-34(48)21-17-27-57(55,56)43-36(50)20-15-13-11-9-7-5-3-4-6-8-10-12-14-19-33-41-44-45-42-33/h29,32H,2-28H2,1H3,(H,39,48)(H,40,49)(H,43,50)(H,51,52)(H,53,54)(H,41,42,44,45)/t29-,32?/m1/s1. The summed E-state index contributed by atoms with van der Waals surface area (Å²) in [5.74, 6) is -5.60. The average molecular weight is 828 g/mol. The lowest BCUT2D eigenvalue weighted by Crippen LogP contribution is -2.41. The van der Waals surface area contributed by atoms with Crippen molar-refractivity contribution in [2.45, 2.75) is 173 Å². The third-order valence-corrected chi connectivity index (χ3v) is 10.9. The van der Waals surface area contributed by atoms with Crippen molar-refractivity contribution in [2.24, 2.45) is 5.92 Å². The van der Waals surface area contributed by atoms with E-state index >= 15 is 0 Å². The molecule has 1 unspecified atom stereocenters. The number of unbranched alkanes of at least 4 members (excludes halogenated alkanes) is 12. The smallest absolute Gasteiger partial charge is 0.326 e. The van der Waals surface area contributed by atoms with Crippen molar-refractivity contribution in [2.75, 3.05) is 12.3 Å². The Bertz CT molecular complexity index is 1470. The Kier molecular flexibility index (Phi) is 27.4. The number of aryl methyl sites for hydroxylation is 1. The Hall–Kier alpha value is -4.29. The molecule has 1 heterocycles. The molecule has 3 amide bonds. The van der Waals surface area contributed by atoms with Crippen LogP contribution in [-0.4, -0.2) is 98.8 Å². The minimum Gasteiger partial charge on any atom is -0.481 e. The molecule has 324 valence electrons. The SMILES string of the molecule is CCC(=O)CCC(NC(=O)CC[C@H](CC(=O)CCCNC(=O)CCCS(=O)(=O)NC(=O)CCCCCCCCCCCCCCCc1nn[nH]n1)C(=O)O)C(=O)O. The molecule has 0 aliphatic rings. The highest BCUT2D eigenvalue weighted by Crippen LogP contribution is 2.16. The summed E-state index contributed by atoms with van der Waals surface area (Å²) < 4.78 is 26.7. The van der Waals surface area contributed by atoms with Gasteiger partial charge in [0.25, 0.3) is 0 Å². The van der Waals surface area contributed by atoms with Crippen molar-refractivity contribution >= 4 is 51.2 Å². The van der Waals surface area contributed by atoms with Crippen molar-refractivity contribution in [3.05, 3.63) is 5.82 Å². The van der Waals surface area contributed by atoms with Gasteiger partial charge in [0.2, 0.25) is 27.7 Å². The first-order valence-electron chi connectivity index (χ1n) is 20.5. The van der Waals surface area contributed by atoms with Crippen LogP contribution in [0.3, 0.4) is 0 Å². The number of Topliss-reactive ketones (excluding diaryl/α,β-unsaturated/α-hetero) is 2. The normalized spacial score (nSPS) is 12.4. The molecular weight excluding hydrogens is 763 g/mol. The molecule has 0 radical (unpaired) electrons. The van der Waals surface area contributed by atoms with Gasteiger partial charge in [-0.15, -0.1) is 10.2 Å². The van der Waals surface area contributed by atoms with Crippen LogP contribution in [0.25, 0.3) is 0 Å². The van der Waals surface area contributed by atoms with Crippen LogP contribution in [0.2, 0.25) is 0 Å². The zero-order valence-electron chi connectivity index (χ0n) is 33.6. The van der Waals surface area contributed by atoms with E-state index < -0.39 is 57.4 Å². The van der Waals surface area contributed by atoms with E-state index in [9.17, 15) is 52.2 Å². The number of aliphatic carboxylic acids is 2. The number of rotatable bonds is 37. The molecule has 0 aromatic carbocycles. The van der Waals surface area contributed by atoms with Crippen LogP contribution in [0.15, 0.2) is 0 Å². The largest absolute Gasteiger partial charge is 0.481 e. The van der Waals surface area contributed by atoms with Crippen LogP contribution >= 0.6 is 0 Å². The Balaban J connectivity index is 2.08. The summed E-state index contributed by atoms with van der Waals surface area (Å²) in [6, 6.07) is -1.28. The Morgan fingerprint density at radius 1 is 0.649 bits per heavy atom. The van der Waals surface area contributed by atoms with Gasteiger partial charge >= 0.3 is 11.9 Å². The van der Waals surface area contributed by atoms with Crippen LogP contribution in [-0.2, 0) is 50.0 Å². The van der Waals surface area contributed by atoms with Gasteiger partial charge in [0.1, 0.15) is 17.6 Å². The predicted octanol–water partition coefficient (Wildman–Crippen LogP) is 4.10. The molecule has 19 heteroatoms. The van der Waals surface area contributed by atoms with Crippen LogP contribution in [0, 0.1) is 5.92 Å². The van der Waals surface area contributed by atoms with Crippen LogP contribution in [0.4, 0.5) is 0 Å². The minimum atomic E-state index is -3.88. The molecule has 2 atom stereocenters. The number of nitrogens with zero attached hydrogens (tertiary/aromatic N) is 3. The monoisotopic (exact) mass is 827 g/mol. The number of amides is 3. The van der Waals surface area contributed by atoms with Crippen LogP contribution in [0.5, 0.6) is 0 Å². The second kappa shape index (κ2) is 30.8. The van der Waals surface area contributed by atoms with Crippen molar-refractivity contribution in [3.8, 4) is 0 Å². The third-order valence-electron chi connectivity index (χ3n) is 9.52. The molecular formula is C38H65N7O11S. The lowest BCUT2D eigenvalue weighted by Gasteiger charge is -2.15. The lowest BCUT2D eigenvalue weighted by molar-refractivity contribution is -0.145. The fourth-order valence-electron chi connectivity index (χ4n) is 6.10. The van der Waals surface area contributed by atoms with Crippen molar-refractivity contribution in [1.82, 2.24) is 36.0 Å². The number of ketones is 2. The number of H-pyrrole nitrogens is 1. The van der Waals surface area contributed by atoms with Gasteiger partial charge in [0.15, 0.2) is 5.82 Å². The molecule has 6 N–H and O–H groups in total. The molecule has 0 fully saturated rings. The quantitative estimate of drug-likeness (QED) is 0.0516. The van der Waals surface area contributed by atoms with E-state index in [-0.39, 0.29) is 88.7 Å². The van der Waals surface area contributed by atoms with E-state index in [1.165, 1.54) is 44.9 Å². The van der Waals surface area contributed by atoms with Crippen LogP contribution in [0.1, 0.15) is 167 Å². The minimum absolute atomic E-state index is 0.00602. The molecule has 1 aromatic rings. The van der Waals surface area contributed by atoms with Gasteiger partial charge < -0.3 is 20.8 Å². The number of carboxylic acid groups (broad SMARTS) is 2. The number of carbonyl (C=O) groups excluding carboxylic acids is 5. The molecule has 0 aliphatic carbocycles. The van der Waals surface area contributed by atoms with Gasteiger partial charge in [-0.3, -0.25) is 33.5 Å². The zero-order valence-corrected chi connectivity index (χ0v) is 34.4. The second-order valence-electron chi connectivity index (χ2n) is 14.5. The molecule has 0 spiro atoms.